The first-order chi connectivity index (χ1) is 11.1. The van der Waals surface area contributed by atoms with Crippen LogP contribution in [0.2, 0.25) is 0 Å². The van der Waals surface area contributed by atoms with Gasteiger partial charge >= 0.3 is 5.97 Å². The van der Waals surface area contributed by atoms with Crippen molar-refractivity contribution in [1.29, 1.82) is 0 Å². The molecule has 1 aliphatic heterocycles. The fraction of sp³-hybridized carbons (Fsp3) is 0.588. The van der Waals surface area contributed by atoms with E-state index < -0.39 is 11.9 Å². The summed E-state index contributed by atoms with van der Waals surface area (Å²) in [6, 6.07) is 3.71. The predicted molar refractivity (Wildman–Crippen MR) is 86.7 cm³/mol. The minimum atomic E-state index is -0.807. The minimum absolute atomic E-state index is 0.0609. The van der Waals surface area contributed by atoms with Crippen LogP contribution in [0.1, 0.15) is 31.7 Å². The molecule has 1 saturated heterocycles. The van der Waals surface area contributed by atoms with Crippen LogP contribution in [0.3, 0.4) is 0 Å². The molecule has 1 amide bonds. The van der Waals surface area contributed by atoms with Gasteiger partial charge in [-0.1, -0.05) is 13.3 Å². The predicted octanol–water partition coefficient (Wildman–Crippen LogP) is 1.52. The number of unbranched alkanes of at least 4 members (excludes halogenated alkanes) is 1. The number of aliphatic carboxylic acids is 1. The van der Waals surface area contributed by atoms with Crippen LogP contribution in [-0.2, 0) is 16.1 Å². The Balaban J connectivity index is 1.92. The molecule has 2 N–H and O–H groups in total. The number of carboxylic acid groups (broad SMARTS) is 1. The molecule has 0 bridgehead atoms. The van der Waals surface area contributed by atoms with Gasteiger partial charge in [-0.15, -0.1) is 0 Å². The number of likely N-dealkylation sites (tertiary alicyclic amines) is 1. The average molecular weight is 319 g/mol. The van der Waals surface area contributed by atoms with Crippen LogP contribution in [0.4, 0.5) is 0 Å². The highest BCUT2D eigenvalue weighted by Gasteiger charge is 2.34. The Hall–Kier alpha value is -1.95. The Labute approximate surface area is 136 Å². The number of pyridine rings is 1. The third kappa shape index (κ3) is 5.32. The number of nitrogens with zero attached hydrogens (tertiary/aromatic N) is 2. The highest BCUT2D eigenvalue weighted by atomic mass is 16.4. The summed E-state index contributed by atoms with van der Waals surface area (Å²) >= 11 is 0. The van der Waals surface area contributed by atoms with Gasteiger partial charge in [0, 0.05) is 32.0 Å². The summed E-state index contributed by atoms with van der Waals surface area (Å²) in [5.41, 5.74) is 0.988. The molecule has 6 nitrogen and oxygen atoms in total. The Morgan fingerprint density at radius 1 is 1.30 bits per heavy atom. The molecule has 0 radical (unpaired) electrons. The lowest BCUT2D eigenvalue weighted by molar-refractivity contribution is -0.145. The van der Waals surface area contributed by atoms with Crippen LogP contribution < -0.4 is 5.32 Å². The lowest BCUT2D eigenvalue weighted by atomic mass is 9.88. The molecule has 2 rings (SSSR count). The van der Waals surface area contributed by atoms with Gasteiger partial charge in [-0.3, -0.25) is 14.6 Å². The maximum Gasteiger partial charge on any atom is 0.307 e. The highest BCUT2D eigenvalue weighted by molar-refractivity contribution is 5.80. The molecule has 0 saturated carbocycles. The summed E-state index contributed by atoms with van der Waals surface area (Å²) in [6.07, 6.45) is 5.88. The largest absolute Gasteiger partial charge is 0.481 e. The van der Waals surface area contributed by atoms with Crippen molar-refractivity contribution >= 4 is 11.9 Å². The van der Waals surface area contributed by atoms with Crippen molar-refractivity contribution in [2.75, 3.05) is 19.6 Å². The van der Waals surface area contributed by atoms with Crippen molar-refractivity contribution in [1.82, 2.24) is 15.2 Å². The summed E-state index contributed by atoms with van der Waals surface area (Å²) in [7, 11) is 0. The molecular formula is C17H25N3O3. The quantitative estimate of drug-likeness (QED) is 0.796. The first-order valence-electron chi connectivity index (χ1n) is 8.22. The van der Waals surface area contributed by atoms with Gasteiger partial charge in [0.2, 0.25) is 5.91 Å². The second-order valence-electron chi connectivity index (χ2n) is 6.15. The van der Waals surface area contributed by atoms with Gasteiger partial charge in [0.15, 0.2) is 0 Å². The maximum atomic E-state index is 12.4. The monoisotopic (exact) mass is 319 g/mol. The molecule has 1 fully saturated rings. The van der Waals surface area contributed by atoms with E-state index in [0.29, 0.717) is 26.1 Å². The third-order valence-electron chi connectivity index (χ3n) is 4.29. The standard InChI is InChI=1S/C17H25N3O3/c1-2-3-8-20-11-14(9-15(12-20)17(22)23)16(21)19-10-13-4-6-18-7-5-13/h4-7,14-15H,2-3,8-12H2,1H3,(H,19,21)(H,22,23)/t14-,15+/m1/s1. The zero-order valence-electron chi connectivity index (χ0n) is 13.6. The lowest BCUT2D eigenvalue weighted by Gasteiger charge is -2.35. The number of aromatic nitrogens is 1. The second kappa shape index (κ2) is 8.62. The number of rotatable bonds is 7. The van der Waals surface area contributed by atoms with Crippen molar-refractivity contribution < 1.29 is 14.7 Å². The van der Waals surface area contributed by atoms with Gasteiger partial charge in [-0.2, -0.15) is 0 Å². The molecule has 0 aliphatic carbocycles. The number of amides is 1. The minimum Gasteiger partial charge on any atom is -0.481 e. The normalized spacial score (nSPS) is 21.8. The molecule has 2 heterocycles. The number of piperidine rings is 1. The van der Waals surface area contributed by atoms with Crippen LogP contribution in [0.15, 0.2) is 24.5 Å². The molecule has 0 spiro atoms. The molecule has 6 heteroatoms. The third-order valence-corrected chi connectivity index (χ3v) is 4.29. The van der Waals surface area contributed by atoms with E-state index in [9.17, 15) is 14.7 Å². The van der Waals surface area contributed by atoms with Crippen molar-refractivity contribution in [3.05, 3.63) is 30.1 Å². The molecular weight excluding hydrogens is 294 g/mol. The first kappa shape index (κ1) is 17.4. The Morgan fingerprint density at radius 3 is 2.65 bits per heavy atom. The van der Waals surface area contributed by atoms with Crippen molar-refractivity contribution in [2.24, 2.45) is 11.8 Å². The van der Waals surface area contributed by atoms with Crippen LogP contribution in [-0.4, -0.2) is 46.5 Å². The van der Waals surface area contributed by atoms with Gasteiger partial charge in [0.1, 0.15) is 0 Å². The van der Waals surface area contributed by atoms with E-state index in [-0.39, 0.29) is 11.8 Å². The van der Waals surface area contributed by atoms with Crippen LogP contribution >= 0.6 is 0 Å². The van der Waals surface area contributed by atoms with Crippen LogP contribution in [0.25, 0.3) is 0 Å². The number of nitrogens with one attached hydrogen (secondary N) is 1. The number of carbonyl (C=O) groups is 2. The van der Waals surface area contributed by atoms with Gasteiger partial charge in [0.05, 0.1) is 11.8 Å². The molecule has 23 heavy (non-hydrogen) atoms. The Bertz CT molecular complexity index is 521. The zero-order chi connectivity index (χ0) is 16.7. The fourth-order valence-corrected chi connectivity index (χ4v) is 2.96. The summed E-state index contributed by atoms with van der Waals surface area (Å²) in [5, 5.41) is 12.2. The van der Waals surface area contributed by atoms with Gasteiger partial charge in [-0.25, -0.2) is 0 Å². The van der Waals surface area contributed by atoms with Crippen molar-refractivity contribution in [3.63, 3.8) is 0 Å². The first-order valence-corrected chi connectivity index (χ1v) is 8.22. The summed E-state index contributed by atoms with van der Waals surface area (Å²) < 4.78 is 0. The summed E-state index contributed by atoms with van der Waals surface area (Å²) in [4.78, 5) is 29.8. The topological polar surface area (TPSA) is 82.5 Å². The summed E-state index contributed by atoms with van der Waals surface area (Å²) in [5.74, 6) is -1.59. The SMILES string of the molecule is CCCCN1C[C@@H](C(=O)O)C[C@@H](C(=O)NCc2ccncc2)C1. The molecule has 0 aromatic carbocycles. The fourth-order valence-electron chi connectivity index (χ4n) is 2.96. The number of hydrogen-bond donors (Lipinski definition) is 2. The van der Waals surface area contributed by atoms with E-state index in [0.717, 1.165) is 24.9 Å². The second-order valence-corrected chi connectivity index (χ2v) is 6.15. The molecule has 126 valence electrons. The molecule has 0 unspecified atom stereocenters. The average Bonchev–Trinajstić information content (AvgIpc) is 2.58. The molecule has 1 aliphatic rings. The van der Waals surface area contributed by atoms with E-state index in [1.54, 1.807) is 12.4 Å². The van der Waals surface area contributed by atoms with E-state index in [2.05, 4.69) is 22.1 Å². The summed E-state index contributed by atoms with van der Waals surface area (Å²) in [6.45, 7) is 4.60. The Morgan fingerprint density at radius 2 is 2.00 bits per heavy atom. The van der Waals surface area contributed by atoms with Gasteiger partial charge < -0.3 is 15.3 Å². The van der Waals surface area contributed by atoms with Crippen molar-refractivity contribution in [3.8, 4) is 0 Å². The van der Waals surface area contributed by atoms with Crippen molar-refractivity contribution in [2.45, 2.75) is 32.7 Å². The number of carbonyl (C=O) groups excluding carboxylic acids is 1. The Kier molecular flexibility index (Phi) is 6.52. The van der Waals surface area contributed by atoms with Crippen LogP contribution in [0.5, 0.6) is 0 Å². The van der Waals surface area contributed by atoms with Gasteiger partial charge in [-0.05, 0) is 37.1 Å². The highest BCUT2D eigenvalue weighted by Crippen LogP contribution is 2.23. The van der Waals surface area contributed by atoms with E-state index in [1.807, 2.05) is 12.1 Å². The zero-order valence-corrected chi connectivity index (χ0v) is 13.6. The lowest BCUT2D eigenvalue weighted by Crippen LogP contribution is -2.48. The molecule has 2 atom stereocenters. The number of carboxylic acids is 1. The van der Waals surface area contributed by atoms with E-state index in [1.165, 1.54) is 0 Å². The van der Waals surface area contributed by atoms with Gasteiger partial charge in [0.25, 0.3) is 0 Å². The van der Waals surface area contributed by atoms with Crippen LogP contribution in [0, 0.1) is 11.8 Å². The maximum absolute atomic E-state index is 12.4. The van der Waals surface area contributed by atoms with E-state index in [4.69, 9.17) is 0 Å². The van der Waals surface area contributed by atoms with E-state index >= 15 is 0 Å². The molecule has 1 aromatic rings. The number of hydrogen-bond acceptors (Lipinski definition) is 4. The molecule has 1 aromatic heterocycles. The smallest absolute Gasteiger partial charge is 0.307 e.